The highest BCUT2D eigenvalue weighted by Gasteiger charge is 2.15. The molecule has 0 fully saturated rings. The maximum atomic E-state index is 14.4. The van der Waals surface area contributed by atoms with Gasteiger partial charge in [0.2, 0.25) is 0 Å². The number of nitrogens with one attached hydrogen (secondary N) is 1. The molecule has 4 aromatic rings. The van der Waals surface area contributed by atoms with Crippen LogP contribution in [0.5, 0.6) is 0 Å². The number of rotatable bonds is 2. The molecule has 0 amide bonds. The number of benzene rings is 1. The SMILES string of the molecule is CSc1c(F)cc(-c2ccn3nc(C)cc3c2)c2cn[nH]c12. The van der Waals surface area contributed by atoms with Crippen molar-refractivity contribution in [3.63, 3.8) is 0 Å². The van der Waals surface area contributed by atoms with Crippen LogP contribution in [0, 0.1) is 12.7 Å². The third-order valence-corrected chi connectivity index (χ3v) is 4.55. The summed E-state index contributed by atoms with van der Waals surface area (Å²) in [6.45, 7) is 1.95. The fourth-order valence-electron chi connectivity index (χ4n) is 2.78. The Morgan fingerprint density at radius 3 is 2.95 bits per heavy atom. The van der Waals surface area contributed by atoms with Crippen molar-refractivity contribution < 1.29 is 4.39 Å². The molecular formula is C16H13FN4S. The first-order chi connectivity index (χ1) is 10.7. The lowest BCUT2D eigenvalue weighted by Crippen LogP contribution is -1.90. The van der Waals surface area contributed by atoms with Gasteiger partial charge in [-0.3, -0.25) is 5.10 Å². The zero-order valence-electron chi connectivity index (χ0n) is 12.1. The van der Waals surface area contributed by atoms with Crippen molar-refractivity contribution in [1.82, 2.24) is 19.8 Å². The van der Waals surface area contributed by atoms with E-state index in [-0.39, 0.29) is 5.82 Å². The van der Waals surface area contributed by atoms with Crippen molar-refractivity contribution in [2.75, 3.05) is 6.26 Å². The molecule has 0 aliphatic carbocycles. The molecule has 0 unspecified atom stereocenters. The number of fused-ring (bicyclic) bond motifs is 2. The Morgan fingerprint density at radius 1 is 1.27 bits per heavy atom. The summed E-state index contributed by atoms with van der Waals surface area (Å²) in [5.74, 6) is -0.233. The summed E-state index contributed by atoms with van der Waals surface area (Å²) in [6, 6.07) is 7.54. The number of hydrogen-bond donors (Lipinski definition) is 1. The largest absolute Gasteiger partial charge is 0.277 e. The molecule has 6 heteroatoms. The van der Waals surface area contributed by atoms with Gasteiger partial charge in [-0.15, -0.1) is 11.8 Å². The molecular weight excluding hydrogens is 299 g/mol. The average Bonchev–Trinajstić information content (AvgIpc) is 3.11. The van der Waals surface area contributed by atoms with Crippen LogP contribution in [-0.2, 0) is 0 Å². The van der Waals surface area contributed by atoms with Crippen LogP contribution in [0.4, 0.5) is 4.39 Å². The Morgan fingerprint density at radius 2 is 2.14 bits per heavy atom. The van der Waals surface area contributed by atoms with Gasteiger partial charge in [0.25, 0.3) is 0 Å². The number of aromatic amines is 1. The van der Waals surface area contributed by atoms with Gasteiger partial charge in [0.15, 0.2) is 0 Å². The molecule has 1 N–H and O–H groups in total. The first-order valence-electron chi connectivity index (χ1n) is 6.83. The summed E-state index contributed by atoms with van der Waals surface area (Å²) in [5, 5.41) is 12.3. The van der Waals surface area contributed by atoms with Gasteiger partial charge in [-0.05, 0) is 48.6 Å². The first-order valence-corrected chi connectivity index (χ1v) is 8.06. The molecule has 3 heterocycles. The summed E-state index contributed by atoms with van der Waals surface area (Å²) in [5.41, 5.74) is 4.47. The van der Waals surface area contributed by atoms with Gasteiger partial charge in [0.1, 0.15) is 5.82 Å². The quantitative estimate of drug-likeness (QED) is 0.568. The van der Waals surface area contributed by atoms with Crippen LogP contribution >= 0.6 is 11.8 Å². The van der Waals surface area contributed by atoms with E-state index in [0.29, 0.717) is 4.90 Å². The van der Waals surface area contributed by atoms with Crippen LogP contribution in [0.2, 0.25) is 0 Å². The third kappa shape index (κ3) is 1.91. The maximum absolute atomic E-state index is 14.4. The summed E-state index contributed by atoms with van der Waals surface area (Å²) in [6.07, 6.45) is 5.50. The minimum absolute atomic E-state index is 0.233. The molecule has 0 saturated carbocycles. The number of thioether (sulfide) groups is 1. The Labute approximate surface area is 130 Å². The average molecular weight is 312 g/mol. The third-order valence-electron chi connectivity index (χ3n) is 3.75. The monoisotopic (exact) mass is 312 g/mol. The Hall–Kier alpha value is -2.34. The number of pyridine rings is 1. The molecule has 1 aromatic carbocycles. The van der Waals surface area contributed by atoms with E-state index in [1.54, 1.807) is 12.3 Å². The highest BCUT2D eigenvalue weighted by Crippen LogP contribution is 2.35. The lowest BCUT2D eigenvalue weighted by molar-refractivity contribution is 0.605. The van der Waals surface area contributed by atoms with E-state index in [0.717, 1.165) is 33.2 Å². The molecule has 0 bridgehead atoms. The second kappa shape index (κ2) is 4.84. The number of H-pyrrole nitrogens is 1. The van der Waals surface area contributed by atoms with Gasteiger partial charge < -0.3 is 0 Å². The predicted octanol–water partition coefficient (Wildman–Crippen LogP) is 4.05. The van der Waals surface area contributed by atoms with Crippen molar-refractivity contribution in [2.24, 2.45) is 0 Å². The van der Waals surface area contributed by atoms with Crippen molar-refractivity contribution in [3.05, 3.63) is 48.2 Å². The minimum atomic E-state index is -0.233. The highest BCUT2D eigenvalue weighted by molar-refractivity contribution is 7.98. The van der Waals surface area contributed by atoms with Crippen LogP contribution in [-0.4, -0.2) is 26.1 Å². The highest BCUT2D eigenvalue weighted by atomic mass is 32.2. The summed E-state index contributed by atoms with van der Waals surface area (Å²) in [7, 11) is 0. The Kier molecular flexibility index (Phi) is 2.94. The van der Waals surface area contributed by atoms with E-state index in [9.17, 15) is 4.39 Å². The molecule has 0 saturated heterocycles. The minimum Gasteiger partial charge on any atom is -0.277 e. The van der Waals surface area contributed by atoms with Crippen molar-refractivity contribution in [3.8, 4) is 11.1 Å². The fraction of sp³-hybridized carbons (Fsp3) is 0.125. The molecule has 0 aliphatic rings. The van der Waals surface area contributed by atoms with E-state index in [2.05, 4.69) is 15.3 Å². The second-order valence-corrected chi connectivity index (χ2v) is 5.98. The summed E-state index contributed by atoms with van der Waals surface area (Å²) in [4.78, 5) is 0.595. The molecule has 110 valence electrons. The first kappa shape index (κ1) is 13.3. The zero-order valence-corrected chi connectivity index (χ0v) is 12.9. The van der Waals surface area contributed by atoms with Crippen LogP contribution in [0.1, 0.15) is 5.69 Å². The van der Waals surface area contributed by atoms with Crippen LogP contribution < -0.4 is 0 Å². The Bertz CT molecular complexity index is 1000. The van der Waals surface area contributed by atoms with Crippen molar-refractivity contribution in [1.29, 1.82) is 0 Å². The maximum Gasteiger partial charge on any atom is 0.139 e. The van der Waals surface area contributed by atoms with E-state index >= 15 is 0 Å². The van der Waals surface area contributed by atoms with Gasteiger partial charge in [0.05, 0.1) is 27.8 Å². The lowest BCUT2D eigenvalue weighted by atomic mass is 10.0. The molecule has 0 aliphatic heterocycles. The standard InChI is InChI=1S/C16H13FN4S/c1-9-5-11-6-10(3-4-21(11)20-9)12-7-14(17)16(22-2)15-13(12)8-18-19-15/h3-8H,1-2H3,(H,18,19). The van der Waals surface area contributed by atoms with Crippen LogP contribution in [0.15, 0.2) is 41.6 Å². The van der Waals surface area contributed by atoms with E-state index < -0.39 is 0 Å². The van der Waals surface area contributed by atoms with Gasteiger partial charge >= 0.3 is 0 Å². The van der Waals surface area contributed by atoms with Crippen LogP contribution in [0.25, 0.3) is 27.5 Å². The molecule has 3 aromatic heterocycles. The normalized spacial score (nSPS) is 11.6. The number of halogens is 1. The molecule has 4 rings (SSSR count). The van der Waals surface area contributed by atoms with E-state index in [1.165, 1.54) is 11.8 Å². The smallest absolute Gasteiger partial charge is 0.139 e. The molecule has 22 heavy (non-hydrogen) atoms. The number of aryl methyl sites for hydroxylation is 1. The second-order valence-electron chi connectivity index (χ2n) is 5.17. The van der Waals surface area contributed by atoms with Gasteiger partial charge in [0, 0.05) is 11.6 Å². The predicted molar refractivity (Wildman–Crippen MR) is 86.8 cm³/mol. The Balaban J connectivity index is 2.01. The number of hydrogen-bond acceptors (Lipinski definition) is 3. The van der Waals surface area contributed by atoms with Crippen molar-refractivity contribution in [2.45, 2.75) is 11.8 Å². The van der Waals surface area contributed by atoms with Gasteiger partial charge in [-0.2, -0.15) is 10.2 Å². The summed E-state index contributed by atoms with van der Waals surface area (Å²) >= 11 is 1.38. The lowest BCUT2D eigenvalue weighted by Gasteiger charge is -2.08. The van der Waals surface area contributed by atoms with E-state index in [1.807, 2.05) is 42.1 Å². The van der Waals surface area contributed by atoms with Gasteiger partial charge in [-0.25, -0.2) is 8.91 Å². The van der Waals surface area contributed by atoms with Crippen LogP contribution in [0.3, 0.4) is 0 Å². The van der Waals surface area contributed by atoms with Gasteiger partial charge in [-0.1, -0.05) is 0 Å². The molecule has 0 radical (unpaired) electrons. The number of aromatic nitrogens is 4. The van der Waals surface area contributed by atoms with E-state index in [4.69, 9.17) is 0 Å². The molecule has 0 spiro atoms. The fourth-order valence-corrected chi connectivity index (χ4v) is 3.39. The molecule has 0 atom stereocenters. The van der Waals surface area contributed by atoms with Crippen molar-refractivity contribution >= 4 is 28.2 Å². The summed E-state index contributed by atoms with van der Waals surface area (Å²) < 4.78 is 16.2. The zero-order chi connectivity index (χ0) is 15.3. The molecule has 4 nitrogen and oxygen atoms in total. The topological polar surface area (TPSA) is 46.0 Å². The number of nitrogens with zero attached hydrogens (tertiary/aromatic N) is 3.